The number of rotatable bonds is 3. The molecule has 29 heavy (non-hydrogen) atoms. The standard InChI is InChI=1S/C22H23N5OS/c23-10-18-16-3-1-2-4-17(16)20(22(13-24,14-25)21(18)26)19-9-15(12-29-19)11-27-5-7-28-8-6-27/h3,9,12,17,20H,1-2,4-8,11,26H2. The van der Waals surface area contributed by atoms with Crippen molar-refractivity contribution in [1.82, 2.24) is 4.90 Å². The van der Waals surface area contributed by atoms with E-state index in [2.05, 4.69) is 40.6 Å². The van der Waals surface area contributed by atoms with Crippen LogP contribution in [-0.4, -0.2) is 31.2 Å². The minimum atomic E-state index is -1.51. The van der Waals surface area contributed by atoms with E-state index in [1.165, 1.54) is 5.56 Å². The van der Waals surface area contributed by atoms with E-state index in [4.69, 9.17) is 10.5 Å². The second-order valence-electron chi connectivity index (χ2n) is 7.85. The van der Waals surface area contributed by atoms with Crippen molar-refractivity contribution in [1.29, 1.82) is 15.8 Å². The Hall–Kier alpha value is -2.63. The summed E-state index contributed by atoms with van der Waals surface area (Å²) in [6.07, 6.45) is 4.82. The van der Waals surface area contributed by atoms with Crippen LogP contribution >= 0.6 is 11.3 Å². The molecule has 0 aromatic carbocycles. The highest BCUT2D eigenvalue weighted by Crippen LogP contribution is 2.56. The molecule has 1 saturated heterocycles. The molecule has 1 aromatic rings. The number of allylic oxidation sites excluding steroid dienone is 4. The predicted octanol–water partition coefficient (Wildman–Crippen LogP) is 3.17. The van der Waals surface area contributed by atoms with Gasteiger partial charge in [-0.1, -0.05) is 6.08 Å². The summed E-state index contributed by atoms with van der Waals surface area (Å²) >= 11 is 1.60. The van der Waals surface area contributed by atoms with Gasteiger partial charge in [-0.3, -0.25) is 4.90 Å². The molecule has 1 aromatic heterocycles. The van der Waals surface area contributed by atoms with E-state index in [1.54, 1.807) is 11.3 Å². The number of nitrogens with zero attached hydrogens (tertiary/aromatic N) is 4. The van der Waals surface area contributed by atoms with Gasteiger partial charge in [0.1, 0.15) is 6.07 Å². The number of nitriles is 3. The fourth-order valence-corrected chi connectivity index (χ4v) is 5.97. The normalized spacial score (nSPS) is 26.6. The number of nitrogens with two attached hydrogens (primary N) is 1. The van der Waals surface area contributed by atoms with Gasteiger partial charge in [-0.25, -0.2) is 0 Å². The van der Waals surface area contributed by atoms with Crippen molar-refractivity contribution in [3.05, 3.63) is 44.8 Å². The van der Waals surface area contributed by atoms with E-state index in [-0.39, 0.29) is 17.5 Å². The maximum atomic E-state index is 10.1. The zero-order valence-corrected chi connectivity index (χ0v) is 17.0. The van der Waals surface area contributed by atoms with Gasteiger partial charge in [0.05, 0.1) is 36.6 Å². The van der Waals surface area contributed by atoms with Crippen LogP contribution in [0.3, 0.4) is 0 Å². The molecule has 2 N–H and O–H groups in total. The number of morpholine rings is 1. The van der Waals surface area contributed by atoms with Crippen molar-refractivity contribution in [2.45, 2.75) is 31.7 Å². The first-order chi connectivity index (χ1) is 14.1. The highest BCUT2D eigenvalue weighted by molar-refractivity contribution is 7.10. The Morgan fingerprint density at radius 1 is 1.24 bits per heavy atom. The van der Waals surface area contributed by atoms with E-state index in [0.717, 1.165) is 62.6 Å². The number of ether oxygens (including phenoxy) is 1. The zero-order chi connectivity index (χ0) is 20.4. The summed E-state index contributed by atoms with van der Waals surface area (Å²) in [6.45, 7) is 4.15. The van der Waals surface area contributed by atoms with Crippen molar-refractivity contribution in [2.75, 3.05) is 26.3 Å². The predicted molar refractivity (Wildman–Crippen MR) is 109 cm³/mol. The highest BCUT2D eigenvalue weighted by Gasteiger charge is 2.54. The number of thiophene rings is 1. The second kappa shape index (κ2) is 8.01. The van der Waals surface area contributed by atoms with Gasteiger partial charge in [0, 0.05) is 30.4 Å². The molecular formula is C22H23N5OS. The molecule has 0 spiro atoms. The van der Waals surface area contributed by atoms with Crippen molar-refractivity contribution >= 4 is 11.3 Å². The van der Waals surface area contributed by atoms with E-state index < -0.39 is 5.41 Å². The molecule has 2 unspecified atom stereocenters. The molecule has 3 aliphatic rings. The number of hydrogen-bond acceptors (Lipinski definition) is 7. The second-order valence-corrected chi connectivity index (χ2v) is 8.80. The molecule has 0 saturated carbocycles. The smallest absolute Gasteiger partial charge is 0.192 e. The average Bonchev–Trinajstić information content (AvgIpc) is 3.21. The molecule has 1 aliphatic heterocycles. The molecule has 6 nitrogen and oxygen atoms in total. The largest absolute Gasteiger partial charge is 0.399 e. The van der Waals surface area contributed by atoms with Gasteiger partial charge >= 0.3 is 0 Å². The van der Waals surface area contributed by atoms with Crippen LogP contribution in [0.4, 0.5) is 0 Å². The fourth-order valence-electron chi connectivity index (χ4n) is 4.84. The quantitative estimate of drug-likeness (QED) is 0.827. The zero-order valence-electron chi connectivity index (χ0n) is 16.2. The molecular weight excluding hydrogens is 382 g/mol. The number of fused-ring (bicyclic) bond motifs is 1. The van der Waals surface area contributed by atoms with Gasteiger partial charge in [0.2, 0.25) is 0 Å². The van der Waals surface area contributed by atoms with E-state index in [9.17, 15) is 15.8 Å². The van der Waals surface area contributed by atoms with Crippen LogP contribution in [0.25, 0.3) is 0 Å². The number of hydrogen-bond donors (Lipinski definition) is 1. The molecule has 7 heteroatoms. The SMILES string of the molecule is N#CC1=C(N)C(C#N)(C#N)C(c2cc(CN3CCOCC3)cs2)C2CCCC=C12. The minimum absolute atomic E-state index is 0.0279. The topological polar surface area (TPSA) is 110 Å². The van der Waals surface area contributed by atoms with Crippen LogP contribution in [0.5, 0.6) is 0 Å². The summed E-state index contributed by atoms with van der Waals surface area (Å²) in [7, 11) is 0. The highest BCUT2D eigenvalue weighted by atomic mass is 32.1. The van der Waals surface area contributed by atoms with Crippen LogP contribution in [-0.2, 0) is 11.3 Å². The summed E-state index contributed by atoms with van der Waals surface area (Å²) in [6, 6.07) is 8.73. The third kappa shape index (κ3) is 3.24. The summed E-state index contributed by atoms with van der Waals surface area (Å²) < 4.78 is 5.42. The first kappa shape index (κ1) is 19.7. The van der Waals surface area contributed by atoms with Gasteiger partial charge < -0.3 is 10.5 Å². The molecule has 2 heterocycles. The monoisotopic (exact) mass is 405 g/mol. The Labute approximate surface area is 175 Å². The summed E-state index contributed by atoms with van der Waals surface area (Å²) in [4.78, 5) is 3.36. The fraction of sp³-hybridized carbons (Fsp3) is 0.500. The lowest BCUT2D eigenvalue weighted by Crippen LogP contribution is -2.42. The van der Waals surface area contributed by atoms with Crippen LogP contribution in [0.15, 0.2) is 34.4 Å². The Kier molecular flexibility index (Phi) is 5.43. The van der Waals surface area contributed by atoms with E-state index >= 15 is 0 Å². The van der Waals surface area contributed by atoms with Crippen LogP contribution in [0, 0.1) is 45.3 Å². The molecule has 0 amide bonds. The lowest BCUT2D eigenvalue weighted by atomic mass is 9.58. The molecule has 4 rings (SSSR count). The first-order valence-corrected chi connectivity index (χ1v) is 10.8. The van der Waals surface area contributed by atoms with Crippen LogP contribution in [0.2, 0.25) is 0 Å². The Morgan fingerprint density at radius 3 is 2.69 bits per heavy atom. The molecule has 1 fully saturated rings. The molecule has 2 aliphatic carbocycles. The molecule has 148 valence electrons. The molecule has 0 bridgehead atoms. The average molecular weight is 406 g/mol. The lowest BCUT2D eigenvalue weighted by molar-refractivity contribution is 0.0342. The third-order valence-corrected chi connectivity index (χ3v) is 7.35. The molecule has 0 radical (unpaired) electrons. The van der Waals surface area contributed by atoms with Crippen molar-refractivity contribution < 1.29 is 4.74 Å². The van der Waals surface area contributed by atoms with Crippen molar-refractivity contribution in [3.63, 3.8) is 0 Å². The molecule has 2 atom stereocenters. The van der Waals surface area contributed by atoms with Gasteiger partial charge in [-0.2, -0.15) is 15.8 Å². The van der Waals surface area contributed by atoms with Gasteiger partial charge in [0.15, 0.2) is 5.41 Å². The minimum Gasteiger partial charge on any atom is -0.399 e. The Balaban J connectivity index is 1.75. The Morgan fingerprint density at radius 2 is 2.00 bits per heavy atom. The van der Waals surface area contributed by atoms with Gasteiger partial charge in [-0.15, -0.1) is 11.3 Å². The van der Waals surface area contributed by atoms with Gasteiger partial charge in [-0.05, 0) is 47.8 Å². The van der Waals surface area contributed by atoms with E-state index in [0.29, 0.717) is 5.57 Å². The summed E-state index contributed by atoms with van der Waals surface area (Å²) in [5.41, 5.74) is 7.38. The Bertz CT molecular complexity index is 966. The van der Waals surface area contributed by atoms with Crippen molar-refractivity contribution in [3.8, 4) is 18.2 Å². The summed E-state index contributed by atoms with van der Waals surface area (Å²) in [5, 5.41) is 32.0. The lowest BCUT2D eigenvalue weighted by Gasteiger charge is -2.42. The summed E-state index contributed by atoms with van der Waals surface area (Å²) in [5.74, 6) is -0.371. The van der Waals surface area contributed by atoms with Crippen molar-refractivity contribution in [2.24, 2.45) is 17.1 Å². The third-order valence-electron chi connectivity index (χ3n) is 6.29. The first-order valence-electron chi connectivity index (χ1n) is 9.95. The van der Waals surface area contributed by atoms with Gasteiger partial charge in [0.25, 0.3) is 0 Å². The van der Waals surface area contributed by atoms with Crippen LogP contribution in [0.1, 0.15) is 35.6 Å². The maximum Gasteiger partial charge on any atom is 0.192 e. The van der Waals surface area contributed by atoms with E-state index in [1.807, 2.05) is 0 Å². The van der Waals surface area contributed by atoms with Crippen LogP contribution < -0.4 is 5.73 Å². The maximum absolute atomic E-state index is 10.1.